The average molecular weight is 381 g/mol. The molecule has 0 atom stereocenters. The Bertz CT molecular complexity index is 861. The summed E-state index contributed by atoms with van der Waals surface area (Å²) in [6.45, 7) is 4.09. The number of carbonyl (C=O) groups is 1. The van der Waals surface area contributed by atoms with Crippen LogP contribution in [0.2, 0.25) is 0 Å². The van der Waals surface area contributed by atoms with Gasteiger partial charge in [-0.25, -0.2) is 0 Å². The zero-order valence-corrected chi connectivity index (χ0v) is 15.6. The van der Waals surface area contributed by atoms with Crippen molar-refractivity contribution in [3.63, 3.8) is 0 Å². The molecule has 4 rings (SSSR count). The van der Waals surface area contributed by atoms with Crippen molar-refractivity contribution in [2.24, 2.45) is 0 Å². The molecule has 0 spiro atoms. The van der Waals surface area contributed by atoms with Crippen LogP contribution in [-0.4, -0.2) is 52.9 Å². The van der Waals surface area contributed by atoms with Gasteiger partial charge in [-0.3, -0.25) is 24.8 Å². The Morgan fingerprint density at radius 2 is 2.00 bits per heavy atom. The number of nitro benzene ring substituents is 1. The van der Waals surface area contributed by atoms with E-state index in [1.165, 1.54) is 17.7 Å². The third-order valence-electron chi connectivity index (χ3n) is 5.19. The van der Waals surface area contributed by atoms with Crippen LogP contribution in [0.3, 0.4) is 0 Å². The number of aromatic nitrogens is 1. The Morgan fingerprint density at radius 3 is 2.64 bits per heavy atom. The maximum atomic E-state index is 12.7. The first-order valence-electron chi connectivity index (χ1n) is 9.55. The summed E-state index contributed by atoms with van der Waals surface area (Å²) < 4.78 is 0. The molecule has 1 aromatic heterocycles. The molecule has 28 heavy (non-hydrogen) atoms. The number of amides is 1. The van der Waals surface area contributed by atoms with Gasteiger partial charge in [0.2, 0.25) is 0 Å². The average Bonchev–Trinajstić information content (AvgIpc) is 3.53. The molecule has 2 aromatic rings. The zero-order chi connectivity index (χ0) is 19.5. The molecule has 0 bridgehead atoms. The lowest BCUT2D eigenvalue weighted by Crippen LogP contribution is -2.46. The summed E-state index contributed by atoms with van der Waals surface area (Å²) in [5.74, 6) is -0.223. The Hall–Kier alpha value is -3.00. The van der Waals surface area contributed by atoms with Crippen molar-refractivity contribution in [2.75, 3.05) is 31.1 Å². The highest BCUT2D eigenvalue weighted by molar-refractivity contribution is 6.00. The van der Waals surface area contributed by atoms with Gasteiger partial charge in [0.05, 0.1) is 16.2 Å². The number of nitrogens with one attached hydrogen (secondary N) is 1. The molecule has 2 heterocycles. The van der Waals surface area contributed by atoms with Gasteiger partial charge < -0.3 is 10.2 Å². The SMILES string of the molecule is O=C(NC1CC1)c1cc([N+](=O)[O-])ccc1N1CCN(Cc2cccnc2)CC1. The molecule has 2 fully saturated rings. The summed E-state index contributed by atoms with van der Waals surface area (Å²) in [4.78, 5) is 32.0. The molecule has 1 saturated carbocycles. The number of carbonyl (C=O) groups excluding carboxylic acids is 1. The number of rotatable bonds is 6. The van der Waals surface area contributed by atoms with Gasteiger partial charge in [-0.15, -0.1) is 0 Å². The standard InChI is InChI=1S/C20H23N5O3/c26-20(22-16-3-4-16)18-12-17(25(27)28)5-6-19(18)24-10-8-23(9-11-24)14-15-2-1-7-21-13-15/h1-2,5-7,12-13,16H,3-4,8-11,14H2,(H,22,26). The van der Waals surface area contributed by atoms with E-state index in [0.717, 1.165) is 51.3 Å². The fourth-order valence-electron chi connectivity index (χ4n) is 3.48. The Morgan fingerprint density at radius 1 is 1.21 bits per heavy atom. The van der Waals surface area contributed by atoms with E-state index in [1.807, 2.05) is 12.3 Å². The van der Waals surface area contributed by atoms with E-state index >= 15 is 0 Å². The third kappa shape index (κ3) is 4.28. The molecule has 1 aliphatic heterocycles. The van der Waals surface area contributed by atoms with Crippen LogP contribution in [0.4, 0.5) is 11.4 Å². The van der Waals surface area contributed by atoms with Gasteiger partial charge in [0.1, 0.15) is 0 Å². The van der Waals surface area contributed by atoms with E-state index in [4.69, 9.17) is 0 Å². The lowest BCUT2D eigenvalue weighted by Gasteiger charge is -2.36. The molecule has 1 aliphatic carbocycles. The predicted molar refractivity (Wildman–Crippen MR) is 105 cm³/mol. The first-order valence-corrected chi connectivity index (χ1v) is 9.55. The number of nitrogens with zero attached hydrogens (tertiary/aromatic N) is 4. The van der Waals surface area contributed by atoms with Gasteiger partial charge in [0.15, 0.2) is 0 Å². The Kier molecular flexibility index (Phi) is 5.21. The summed E-state index contributed by atoms with van der Waals surface area (Å²) in [6, 6.07) is 8.79. The van der Waals surface area contributed by atoms with Crippen LogP contribution >= 0.6 is 0 Å². The number of hydrogen-bond acceptors (Lipinski definition) is 6. The van der Waals surface area contributed by atoms with Crippen molar-refractivity contribution in [3.05, 3.63) is 64.0 Å². The highest BCUT2D eigenvalue weighted by atomic mass is 16.6. The summed E-state index contributed by atoms with van der Waals surface area (Å²) in [5.41, 5.74) is 2.28. The maximum absolute atomic E-state index is 12.7. The number of hydrogen-bond donors (Lipinski definition) is 1. The van der Waals surface area contributed by atoms with E-state index < -0.39 is 4.92 Å². The molecule has 146 valence electrons. The highest BCUT2D eigenvalue weighted by Gasteiger charge is 2.28. The van der Waals surface area contributed by atoms with Crippen LogP contribution in [0.5, 0.6) is 0 Å². The zero-order valence-electron chi connectivity index (χ0n) is 15.6. The van der Waals surface area contributed by atoms with Crippen LogP contribution in [0, 0.1) is 10.1 Å². The summed E-state index contributed by atoms with van der Waals surface area (Å²) in [7, 11) is 0. The molecular weight excluding hydrogens is 358 g/mol. The van der Waals surface area contributed by atoms with Gasteiger partial charge in [0, 0.05) is 63.3 Å². The first kappa shape index (κ1) is 18.4. The summed E-state index contributed by atoms with van der Waals surface area (Å²) in [5, 5.41) is 14.1. The minimum absolute atomic E-state index is 0.0556. The molecular formula is C20H23N5O3. The second-order valence-corrected chi connectivity index (χ2v) is 7.33. The van der Waals surface area contributed by atoms with E-state index in [9.17, 15) is 14.9 Å². The number of non-ortho nitro benzene ring substituents is 1. The molecule has 1 saturated heterocycles. The third-order valence-corrected chi connectivity index (χ3v) is 5.19. The molecule has 8 heteroatoms. The smallest absolute Gasteiger partial charge is 0.270 e. The van der Waals surface area contributed by atoms with Gasteiger partial charge >= 0.3 is 0 Å². The van der Waals surface area contributed by atoms with Crippen molar-refractivity contribution < 1.29 is 9.72 Å². The van der Waals surface area contributed by atoms with Crippen molar-refractivity contribution in [1.29, 1.82) is 0 Å². The van der Waals surface area contributed by atoms with Crippen molar-refractivity contribution in [3.8, 4) is 0 Å². The summed E-state index contributed by atoms with van der Waals surface area (Å²) >= 11 is 0. The van der Waals surface area contributed by atoms with Crippen molar-refractivity contribution >= 4 is 17.3 Å². The van der Waals surface area contributed by atoms with E-state index in [0.29, 0.717) is 5.56 Å². The normalized spacial score (nSPS) is 17.4. The van der Waals surface area contributed by atoms with Crippen molar-refractivity contribution in [2.45, 2.75) is 25.4 Å². The minimum atomic E-state index is -0.455. The molecule has 0 unspecified atom stereocenters. The minimum Gasteiger partial charge on any atom is -0.368 e. The second-order valence-electron chi connectivity index (χ2n) is 7.33. The van der Waals surface area contributed by atoms with Crippen LogP contribution in [0.25, 0.3) is 0 Å². The number of anilines is 1. The quantitative estimate of drug-likeness (QED) is 0.609. The Labute approximate surface area is 163 Å². The van der Waals surface area contributed by atoms with Gasteiger partial charge in [-0.2, -0.15) is 0 Å². The molecule has 8 nitrogen and oxygen atoms in total. The van der Waals surface area contributed by atoms with E-state index in [-0.39, 0.29) is 17.6 Å². The predicted octanol–water partition coefficient (Wildman–Crippen LogP) is 2.20. The van der Waals surface area contributed by atoms with Crippen LogP contribution in [-0.2, 0) is 6.54 Å². The fraction of sp³-hybridized carbons (Fsp3) is 0.400. The highest BCUT2D eigenvalue weighted by Crippen LogP contribution is 2.28. The molecule has 1 amide bonds. The largest absolute Gasteiger partial charge is 0.368 e. The number of pyridine rings is 1. The molecule has 0 radical (unpaired) electrons. The first-order chi connectivity index (χ1) is 13.6. The number of nitro groups is 1. The number of piperazine rings is 1. The summed E-state index contributed by atoms with van der Waals surface area (Å²) in [6.07, 6.45) is 5.60. The van der Waals surface area contributed by atoms with Gasteiger partial charge in [-0.1, -0.05) is 6.07 Å². The van der Waals surface area contributed by atoms with Crippen LogP contribution in [0.1, 0.15) is 28.8 Å². The fourth-order valence-corrected chi connectivity index (χ4v) is 3.48. The molecule has 1 N–H and O–H groups in total. The second kappa shape index (κ2) is 7.93. The van der Waals surface area contributed by atoms with E-state index in [2.05, 4.69) is 26.2 Å². The lowest BCUT2D eigenvalue weighted by atomic mass is 10.1. The number of benzene rings is 1. The Balaban J connectivity index is 1.47. The van der Waals surface area contributed by atoms with Crippen molar-refractivity contribution in [1.82, 2.24) is 15.2 Å². The maximum Gasteiger partial charge on any atom is 0.270 e. The molecule has 1 aromatic carbocycles. The monoisotopic (exact) mass is 381 g/mol. The molecule has 2 aliphatic rings. The topological polar surface area (TPSA) is 91.6 Å². The lowest BCUT2D eigenvalue weighted by molar-refractivity contribution is -0.384. The van der Waals surface area contributed by atoms with Crippen LogP contribution < -0.4 is 10.2 Å². The van der Waals surface area contributed by atoms with Crippen LogP contribution in [0.15, 0.2) is 42.7 Å². The van der Waals surface area contributed by atoms with Gasteiger partial charge in [-0.05, 0) is 30.5 Å². The van der Waals surface area contributed by atoms with Gasteiger partial charge in [0.25, 0.3) is 11.6 Å². The van der Waals surface area contributed by atoms with E-state index in [1.54, 1.807) is 12.3 Å².